The molecule has 33 heavy (non-hydrogen) atoms. The van der Waals surface area contributed by atoms with Gasteiger partial charge in [-0.15, -0.1) is 11.3 Å². The Morgan fingerprint density at radius 3 is 2.61 bits per heavy atom. The topological polar surface area (TPSA) is 44.1 Å². The second-order valence-electron chi connectivity index (χ2n) is 7.84. The Morgan fingerprint density at radius 1 is 1.12 bits per heavy atom. The molecule has 2 aromatic carbocycles. The fraction of sp³-hybridized carbons (Fsp3) is 0.185. The van der Waals surface area contributed by atoms with Crippen LogP contribution in [0, 0.1) is 13.8 Å². The lowest BCUT2D eigenvalue weighted by molar-refractivity contribution is 0.105. The molecule has 0 saturated carbocycles. The summed E-state index contributed by atoms with van der Waals surface area (Å²) in [7, 11) is 1.67. The van der Waals surface area contributed by atoms with E-state index < -0.39 is 0 Å². The fourth-order valence-corrected chi connectivity index (χ4v) is 4.92. The first kappa shape index (κ1) is 23.2. The summed E-state index contributed by atoms with van der Waals surface area (Å²) in [6, 6.07) is 20.2. The molecule has 0 atom stereocenters. The zero-order valence-electron chi connectivity index (χ0n) is 18.8. The molecule has 0 fully saturated rings. The maximum Gasteiger partial charge on any atom is 0.195 e. The smallest absolute Gasteiger partial charge is 0.195 e. The molecular weight excluding hydrogens is 496 g/mol. The molecule has 4 nitrogen and oxygen atoms in total. The van der Waals surface area contributed by atoms with Gasteiger partial charge in [0.2, 0.25) is 0 Å². The van der Waals surface area contributed by atoms with E-state index in [2.05, 4.69) is 33.2 Å². The van der Waals surface area contributed by atoms with Crippen molar-refractivity contribution >= 4 is 39.1 Å². The standard InChI is InChI=1S/C27H25BrN2O2S/c1-18-27(28)19(2)30(29-18)17-22-15-21(10-13-25(22)32-3)9-12-24(31)26-14-11-23(33-26)16-20-7-5-4-6-8-20/h4-15H,16-17H2,1-3H3/b12-9+. The summed E-state index contributed by atoms with van der Waals surface area (Å²) in [4.78, 5) is 14.7. The number of carbonyl (C=O) groups is 1. The third-order valence-electron chi connectivity index (χ3n) is 5.47. The van der Waals surface area contributed by atoms with E-state index in [-0.39, 0.29) is 5.78 Å². The van der Waals surface area contributed by atoms with Gasteiger partial charge in [0, 0.05) is 16.9 Å². The number of nitrogens with zero attached hydrogens (tertiary/aromatic N) is 2. The Balaban J connectivity index is 1.49. The van der Waals surface area contributed by atoms with E-state index >= 15 is 0 Å². The molecule has 4 rings (SSSR count). The van der Waals surface area contributed by atoms with Crippen LogP contribution in [0.2, 0.25) is 0 Å². The summed E-state index contributed by atoms with van der Waals surface area (Å²) in [6.45, 7) is 4.60. The van der Waals surface area contributed by atoms with Gasteiger partial charge in [-0.1, -0.05) is 42.5 Å². The number of hydrogen-bond acceptors (Lipinski definition) is 4. The number of aryl methyl sites for hydroxylation is 1. The van der Waals surface area contributed by atoms with Crippen molar-refractivity contribution in [3.05, 3.63) is 109 Å². The highest BCUT2D eigenvalue weighted by Gasteiger charge is 2.12. The van der Waals surface area contributed by atoms with Crippen LogP contribution in [0.25, 0.3) is 6.08 Å². The van der Waals surface area contributed by atoms with Gasteiger partial charge in [0.1, 0.15) is 5.75 Å². The number of methoxy groups -OCH3 is 1. The van der Waals surface area contributed by atoms with Gasteiger partial charge in [-0.2, -0.15) is 5.10 Å². The normalized spacial score (nSPS) is 11.3. The zero-order valence-corrected chi connectivity index (χ0v) is 21.2. The highest BCUT2D eigenvalue weighted by atomic mass is 79.9. The number of aromatic nitrogens is 2. The van der Waals surface area contributed by atoms with Crippen LogP contribution in [0.5, 0.6) is 5.75 Å². The highest BCUT2D eigenvalue weighted by Crippen LogP contribution is 2.26. The van der Waals surface area contributed by atoms with Crippen LogP contribution < -0.4 is 4.74 Å². The molecule has 0 aliphatic rings. The molecule has 0 saturated heterocycles. The number of ether oxygens (including phenoxy) is 1. The number of halogens is 1. The minimum absolute atomic E-state index is 0.0131. The molecule has 2 heterocycles. The van der Waals surface area contributed by atoms with Crippen LogP contribution in [-0.2, 0) is 13.0 Å². The van der Waals surface area contributed by atoms with Gasteiger partial charge in [-0.3, -0.25) is 9.48 Å². The van der Waals surface area contributed by atoms with Crippen LogP contribution in [0.1, 0.15) is 42.6 Å². The molecule has 0 aliphatic carbocycles. The van der Waals surface area contributed by atoms with Gasteiger partial charge in [-0.05, 0) is 71.2 Å². The van der Waals surface area contributed by atoms with E-state index in [4.69, 9.17) is 4.74 Å². The Morgan fingerprint density at radius 2 is 1.91 bits per heavy atom. The Labute approximate surface area is 206 Å². The Bertz CT molecular complexity index is 1310. The van der Waals surface area contributed by atoms with Crippen molar-refractivity contribution < 1.29 is 9.53 Å². The summed E-state index contributed by atoms with van der Waals surface area (Å²) in [5.41, 5.74) is 5.21. The molecule has 0 aliphatic heterocycles. The maximum absolute atomic E-state index is 12.7. The van der Waals surface area contributed by atoms with E-state index in [1.54, 1.807) is 24.5 Å². The van der Waals surface area contributed by atoms with Gasteiger partial charge < -0.3 is 4.74 Å². The van der Waals surface area contributed by atoms with Crippen molar-refractivity contribution in [2.45, 2.75) is 26.8 Å². The second kappa shape index (κ2) is 10.3. The highest BCUT2D eigenvalue weighted by molar-refractivity contribution is 9.10. The molecule has 0 unspecified atom stereocenters. The third kappa shape index (κ3) is 5.52. The number of ketones is 1. The molecule has 0 spiro atoms. The number of benzene rings is 2. The monoisotopic (exact) mass is 520 g/mol. The van der Waals surface area contributed by atoms with E-state index in [1.807, 2.05) is 73.1 Å². The molecule has 0 bridgehead atoms. The van der Waals surface area contributed by atoms with Crippen molar-refractivity contribution in [3.63, 3.8) is 0 Å². The van der Waals surface area contributed by atoms with Crippen LogP contribution in [0.4, 0.5) is 0 Å². The molecule has 168 valence electrons. The third-order valence-corrected chi connectivity index (χ3v) is 7.72. The number of rotatable bonds is 8. The predicted octanol–water partition coefficient (Wildman–Crippen LogP) is 6.87. The Hall–Kier alpha value is -2.96. The fourth-order valence-electron chi connectivity index (χ4n) is 3.67. The summed E-state index contributed by atoms with van der Waals surface area (Å²) < 4.78 is 8.53. The van der Waals surface area contributed by atoms with Crippen molar-refractivity contribution in [3.8, 4) is 5.75 Å². The predicted molar refractivity (Wildman–Crippen MR) is 138 cm³/mol. The van der Waals surface area contributed by atoms with E-state index in [0.717, 1.165) is 44.0 Å². The lowest BCUT2D eigenvalue weighted by atomic mass is 10.1. The second-order valence-corrected chi connectivity index (χ2v) is 9.80. The van der Waals surface area contributed by atoms with Crippen molar-refractivity contribution in [1.82, 2.24) is 9.78 Å². The largest absolute Gasteiger partial charge is 0.496 e. The zero-order chi connectivity index (χ0) is 23.4. The van der Waals surface area contributed by atoms with E-state index in [1.165, 1.54) is 10.4 Å². The van der Waals surface area contributed by atoms with Crippen molar-refractivity contribution in [2.24, 2.45) is 0 Å². The first-order valence-electron chi connectivity index (χ1n) is 10.7. The number of carbonyl (C=O) groups excluding carboxylic acids is 1. The summed E-state index contributed by atoms with van der Waals surface area (Å²) in [5, 5.41) is 4.60. The van der Waals surface area contributed by atoms with E-state index in [0.29, 0.717) is 6.54 Å². The molecule has 0 radical (unpaired) electrons. The average molecular weight is 521 g/mol. The molecule has 0 amide bonds. The summed E-state index contributed by atoms with van der Waals surface area (Å²) >= 11 is 5.13. The quantitative estimate of drug-likeness (QED) is 0.188. The van der Waals surface area contributed by atoms with Crippen molar-refractivity contribution in [1.29, 1.82) is 0 Å². The molecule has 6 heteroatoms. The number of hydrogen-bond donors (Lipinski definition) is 0. The van der Waals surface area contributed by atoms with Gasteiger partial charge in [0.05, 0.1) is 34.4 Å². The first-order chi connectivity index (χ1) is 15.9. The van der Waals surface area contributed by atoms with Crippen LogP contribution in [0.15, 0.2) is 71.2 Å². The van der Waals surface area contributed by atoms with Crippen LogP contribution in [-0.4, -0.2) is 22.7 Å². The molecule has 0 N–H and O–H groups in total. The molecular formula is C27H25BrN2O2S. The maximum atomic E-state index is 12.7. The number of allylic oxidation sites excluding steroid dienone is 1. The summed E-state index contributed by atoms with van der Waals surface area (Å²) in [6.07, 6.45) is 4.34. The Kier molecular flexibility index (Phi) is 7.26. The van der Waals surface area contributed by atoms with Gasteiger partial charge >= 0.3 is 0 Å². The van der Waals surface area contributed by atoms with Gasteiger partial charge in [-0.25, -0.2) is 0 Å². The van der Waals surface area contributed by atoms with E-state index in [9.17, 15) is 4.79 Å². The lowest BCUT2D eigenvalue weighted by Gasteiger charge is -2.11. The first-order valence-corrected chi connectivity index (χ1v) is 12.3. The SMILES string of the molecule is COc1ccc(/C=C/C(=O)c2ccc(Cc3ccccc3)s2)cc1Cn1nc(C)c(Br)c1C. The molecule has 2 aromatic heterocycles. The van der Waals surface area contributed by atoms with Gasteiger partial charge in [0.15, 0.2) is 5.78 Å². The van der Waals surface area contributed by atoms with Gasteiger partial charge in [0.25, 0.3) is 0 Å². The van der Waals surface area contributed by atoms with Crippen LogP contribution >= 0.6 is 27.3 Å². The van der Waals surface area contributed by atoms with Crippen LogP contribution in [0.3, 0.4) is 0 Å². The minimum atomic E-state index is 0.0131. The summed E-state index contributed by atoms with van der Waals surface area (Å²) in [5.74, 6) is 0.810. The minimum Gasteiger partial charge on any atom is -0.496 e. The molecule has 4 aromatic rings. The number of thiophene rings is 1. The van der Waals surface area contributed by atoms with Crippen molar-refractivity contribution in [2.75, 3.05) is 7.11 Å². The lowest BCUT2D eigenvalue weighted by Crippen LogP contribution is -2.06. The average Bonchev–Trinajstić information content (AvgIpc) is 3.39.